The minimum atomic E-state index is 0.392. The summed E-state index contributed by atoms with van der Waals surface area (Å²) in [6.45, 7) is 4.73. The molecule has 0 radical (unpaired) electrons. The molecule has 1 N–H and O–H groups in total. The summed E-state index contributed by atoms with van der Waals surface area (Å²) in [5.41, 5.74) is 2.13. The second-order valence-corrected chi connectivity index (χ2v) is 5.69. The van der Waals surface area contributed by atoms with Gasteiger partial charge in [-0.1, -0.05) is 30.3 Å². The fourth-order valence-electron chi connectivity index (χ4n) is 2.40. The Bertz CT molecular complexity index is 798. The molecule has 1 aromatic carbocycles. The fraction of sp³-hybridized carbons (Fsp3) is 0.235. The Kier molecular flexibility index (Phi) is 4.95. The lowest BCUT2D eigenvalue weighted by molar-refractivity contribution is -0.935. The minimum absolute atomic E-state index is 0.392. The van der Waals surface area contributed by atoms with Gasteiger partial charge in [0.1, 0.15) is 6.54 Å². The molecule has 2 heterocycles. The highest BCUT2D eigenvalue weighted by Gasteiger charge is 2.13. The second kappa shape index (κ2) is 7.30. The highest BCUT2D eigenvalue weighted by atomic mass is 32.1. The number of pyridine rings is 1. The molecular weight excluding hydrogens is 308 g/mol. The number of rotatable bonds is 6. The first-order valence-electron chi connectivity index (χ1n) is 7.62. The van der Waals surface area contributed by atoms with Gasteiger partial charge in [-0.05, 0) is 31.3 Å². The third-order valence-electron chi connectivity index (χ3n) is 3.69. The number of benzene rings is 1. The first-order valence-corrected chi connectivity index (χ1v) is 8.03. The molecule has 2 aromatic heterocycles. The van der Waals surface area contributed by atoms with Crippen LogP contribution >= 0.6 is 12.2 Å². The number of nitrogens with one attached hydrogen (secondary N) is 1. The van der Waals surface area contributed by atoms with E-state index in [1.807, 2.05) is 18.2 Å². The number of aromatic nitrogens is 3. The third kappa shape index (κ3) is 3.91. The van der Waals surface area contributed by atoms with Gasteiger partial charge < -0.3 is 9.32 Å². The van der Waals surface area contributed by atoms with Gasteiger partial charge in [0, 0.05) is 18.0 Å². The van der Waals surface area contributed by atoms with Crippen molar-refractivity contribution in [3.05, 3.63) is 65.3 Å². The molecule has 1 unspecified atom stereocenters. The summed E-state index contributed by atoms with van der Waals surface area (Å²) >= 11 is 5.30. The molecule has 0 saturated heterocycles. The Balaban J connectivity index is 1.76. The summed E-state index contributed by atoms with van der Waals surface area (Å²) < 4.78 is 7.36. The van der Waals surface area contributed by atoms with Gasteiger partial charge in [-0.3, -0.25) is 4.98 Å². The SMILES string of the molecule is CC[NH+](Cc1ccccc1)Cn1nc(-c2cccnc2)oc1=S. The maximum Gasteiger partial charge on any atom is 0.292 e. The molecule has 0 aliphatic heterocycles. The third-order valence-corrected chi connectivity index (χ3v) is 3.98. The van der Waals surface area contributed by atoms with Crippen molar-refractivity contribution < 1.29 is 9.32 Å². The van der Waals surface area contributed by atoms with E-state index in [0.29, 0.717) is 17.4 Å². The highest BCUT2D eigenvalue weighted by molar-refractivity contribution is 7.71. The van der Waals surface area contributed by atoms with Gasteiger partial charge in [0.05, 0.1) is 12.1 Å². The molecule has 0 fully saturated rings. The van der Waals surface area contributed by atoms with Crippen LogP contribution in [0.1, 0.15) is 12.5 Å². The minimum Gasteiger partial charge on any atom is -0.409 e. The average molecular weight is 327 g/mol. The van der Waals surface area contributed by atoms with E-state index in [9.17, 15) is 0 Å². The van der Waals surface area contributed by atoms with Crippen LogP contribution in [0, 0.1) is 4.84 Å². The topological polar surface area (TPSA) is 48.3 Å². The summed E-state index contributed by atoms with van der Waals surface area (Å²) in [5.74, 6) is 0.512. The smallest absolute Gasteiger partial charge is 0.292 e. The van der Waals surface area contributed by atoms with Crippen LogP contribution < -0.4 is 4.90 Å². The van der Waals surface area contributed by atoms with E-state index >= 15 is 0 Å². The van der Waals surface area contributed by atoms with Gasteiger partial charge in [0.25, 0.3) is 4.84 Å². The van der Waals surface area contributed by atoms with Crippen LogP contribution in [0.2, 0.25) is 0 Å². The summed E-state index contributed by atoms with van der Waals surface area (Å²) in [7, 11) is 0. The lowest BCUT2D eigenvalue weighted by Gasteiger charge is -2.16. The van der Waals surface area contributed by atoms with E-state index < -0.39 is 0 Å². The molecule has 0 saturated carbocycles. The molecule has 3 aromatic rings. The number of nitrogens with zero attached hydrogens (tertiary/aromatic N) is 3. The predicted molar refractivity (Wildman–Crippen MR) is 90.2 cm³/mol. The van der Waals surface area contributed by atoms with Crippen molar-refractivity contribution in [2.24, 2.45) is 0 Å². The maximum atomic E-state index is 5.61. The van der Waals surface area contributed by atoms with Crippen LogP contribution in [0.15, 0.2) is 59.3 Å². The Morgan fingerprint density at radius 1 is 1.17 bits per heavy atom. The van der Waals surface area contributed by atoms with Gasteiger partial charge in [-0.2, -0.15) is 4.68 Å². The molecular formula is C17H19N4OS+. The lowest BCUT2D eigenvalue weighted by atomic mass is 10.2. The standard InChI is InChI=1S/C17H18N4OS/c1-2-20(12-14-7-4-3-5-8-14)13-21-17(23)22-16(19-21)15-9-6-10-18-11-15/h3-11H,2,12-13H2,1H3/p+1. The van der Waals surface area contributed by atoms with Crippen LogP contribution in [-0.2, 0) is 13.2 Å². The summed E-state index contributed by atoms with van der Waals surface area (Å²) in [5, 5.41) is 4.49. The number of quaternary nitrogens is 1. The lowest BCUT2D eigenvalue weighted by Crippen LogP contribution is -3.09. The van der Waals surface area contributed by atoms with E-state index in [2.05, 4.69) is 41.3 Å². The molecule has 0 aliphatic rings. The van der Waals surface area contributed by atoms with Gasteiger partial charge >= 0.3 is 0 Å². The van der Waals surface area contributed by atoms with Gasteiger partial charge in [0.2, 0.25) is 5.89 Å². The Hall–Kier alpha value is -2.31. The molecule has 6 heteroatoms. The zero-order chi connectivity index (χ0) is 16.1. The number of hydrogen-bond donors (Lipinski definition) is 1. The van der Waals surface area contributed by atoms with Crippen LogP contribution in [0.5, 0.6) is 0 Å². The van der Waals surface area contributed by atoms with Crippen molar-refractivity contribution >= 4 is 12.2 Å². The zero-order valence-corrected chi connectivity index (χ0v) is 13.8. The van der Waals surface area contributed by atoms with E-state index in [0.717, 1.165) is 18.7 Å². The molecule has 0 spiro atoms. The quantitative estimate of drug-likeness (QED) is 0.706. The van der Waals surface area contributed by atoms with Crippen LogP contribution in [0.25, 0.3) is 11.5 Å². The average Bonchev–Trinajstić information content (AvgIpc) is 2.97. The summed E-state index contributed by atoms with van der Waals surface area (Å²) in [4.78, 5) is 5.84. The molecule has 0 aliphatic carbocycles. The van der Waals surface area contributed by atoms with Crippen molar-refractivity contribution in [2.75, 3.05) is 6.54 Å². The molecule has 0 bridgehead atoms. The Morgan fingerprint density at radius 2 is 2.00 bits per heavy atom. The first kappa shape index (κ1) is 15.6. The predicted octanol–water partition coefficient (Wildman–Crippen LogP) is 2.33. The monoisotopic (exact) mass is 327 g/mol. The van der Waals surface area contributed by atoms with Crippen molar-refractivity contribution in [3.8, 4) is 11.5 Å². The van der Waals surface area contributed by atoms with E-state index in [4.69, 9.17) is 16.6 Å². The van der Waals surface area contributed by atoms with E-state index in [1.54, 1.807) is 17.1 Å². The molecule has 5 nitrogen and oxygen atoms in total. The molecule has 23 heavy (non-hydrogen) atoms. The molecule has 0 amide bonds. The number of hydrogen-bond acceptors (Lipinski definition) is 4. The van der Waals surface area contributed by atoms with Crippen molar-refractivity contribution in [1.82, 2.24) is 14.8 Å². The Labute approximate surface area is 140 Å². The highest BCUT2D eigenvalue weighted by Crippen LogP contribution is 2.15. The Morgan fingerprint density at radius 3 is 2.70 bits per heavy atom. The summed E-state index contributed by atoms with van der Waals surface area (Å²) in [6.07, 6.45) is 3.44. The van der Waals surface area contributed by atoms with Crippen LogP contribution in [-0.4, -0.2) is 21.3 Å². The van der Waals surface area contributed by atoms with Crippen molar-refractivity contribution in [1.29, 1.82) is 0 Å². The van der Waals surface area contributed by atoms with Crippen molar-refractivity contribution in [3.63, 3.8) is 0 Å². The molecule has 3 rings (SSSR count). The fourth-order valence-corrected chi connectivity index (χ4v) is 2.59. The van der Waals surface area contributed by atoms with Crippen LogP contribution in [0.3, 0.4) is 0 Å². The first-order chi connectivity index (χ1) is 11.3. The zero-order valence-electron chi connectivity index (χ0n) is 13.0. The normalized spacial score (nSPS) is 12.2. The van der Waals surface area contributed by atoms with Gasteiger partial charge in [0.15, 0.2) is 6.67 Å². The largest absolute Gasteiger partial charge is 0.409 e. The van der Waals surface area contributed by atoms with E-state index in [1.165, 1.54) is 10.5 Å². The van der Waals surface area contributed by atoms with Crippen LogP contribution in [0.4, 0.5) is 0 Å². The molecule has 118 valence electrons. The van der Waals surface area contributed by atoms with Crippen molar-refractivity contribution in [2.45, 2.75) is 20.1 Å². The second-order valence-electron chi connectivity index (χ2n) is 5.34. The molecule has 1 atom stereocenters. The van der Waals surface area contributed by atoms with Gasteiger partial charge in [-0.25, -0.2) is 0 Å². The maximum absolute atomic E-state index is 5.61. The summed E-state index contributed by atoms with van der Waals surface area (Å²) in [6, 6.07) is 14.2. The van der Waals surface area contributed by atoms with Gasteiger partial charge in [-0.15, -0.1) is 5.10 Å². The van der Waals surface area contributed by atoms with E-state index in [-0.39, 0.29) is 0 Å².